The third-order valence-corrected chi connectivity index (χ3v) is 4.96. The lowest BCUT2D eigenvalue weighted by Gasteiger charge is -2.11. The number of carbonyl (C=O) groups excluding carboxylic acids is 1. The molecule has 4 N–H and O–H groups in total. The van der Waals surface area contributed by atoms with Crippen LogP contribution in [0.4, 0.5) is 8.78 Å². The van der Waals surface area contributed by atoms with Gasteiger partial charge in [-0.15, -0.1) is 0 Å². The number of para-hydroxylation sites is 2. The molecule has 0 aliphatic heterocycles. The van der Waals surface area contributed by atoms with Crippen LogP contribution in [0.15, 0.2) is 66.7 Å². The molecule has 0 radical (unpaired) electrons. The van der Waals surface area contributed by atoms with Gasteiger partial charge in [-0.1, -0.05) is 36.4 Å². The first-order valence-electron chi connectivity index (χ1n) is 9.66. The van der Waals surface area contributed by atoms with Crippen LogP contribution in [0.3, 0.4) is 0 Å². The number of rotatable bonds is 6. The van der Waals surface area contributed by atoms with E-state index >= 15 is 0 Å². The van der Waals surface area contributed by atoms with Crippen molar-refractivity contribution in [3.05, 3.63) is 101 Å². The van der Waals surface area contributed by atoms with E-state index in [1.165, 1.54) is 24.3 Å². The Morgan fingerprint density at radius 1 is 0.969 bits per heavy atom. The number of aliphatic hydroxyl groups excluding tert-OH is 3. The van der Waals surface area contributed by atoms with Crippen LogP contribution in [0.2, 0.25) is 0 Å². The van der Waals surface area contributed by atoms with E-state index in [4.69, 9.17) is 5.11 Å². The molecule has 4 aromatic rings. The summed E-state index contributed by atoms with van der Waals surface area (Å²) in [7, 11) is 0. The summed E-state index contributed by atoms with van der Waals surface area (Å²) in [5.41, 5.74) is 1.17. The molecule has 0 aliphatic carbocycles. The number of aromatic amines is 1. The molecule has 0 saturated heterocycles. The molecule has 6 nitrogen and oxygen atoms in total. The number of benzene rings is 3. The maximum Gasteiger partial charge on any atom is 0.200 e. The highest BCUT2D eigenvalue weighted by Gasteiger charge is 2.24. The van der Waals surface area contributed by atoms with E-state index in [2.05, 4.69) is 9.97 Å². The maximum atomic E-state index is 13.8. The number of allylic oxidation sites excluding steroid dienone is 1. The summed E-state index contributed by atoms with van der Waals surface area (Å²) < 4.78 is 27.5. The quantitative estimate of drug-likeness (QED) is 0.206. The van der Waals surface area contributed by atoms with E-state index in [1.807, 2.05) is 0 Å². The van der Waals surface area contributed by atoms with Gasteiger partial charge < -0.3 is 20.3 Å². The number of ketones is 1. The highest BCUT2D eigenvalue weighted by molar-refractivity contribution is 6.33. The number of aliphatic hydroxyl groups is 3. The van der Waals surface area contributed by atoms with Crippen LogP contribution in [-0.2, 0) is 0 Å². The Morgan fingerprint density at radius 2 is 1.62 bits per heavy atom. The van der Waals surface area contributed by atoms with Gasteiger partial charge in [-0.2, -0.15) is 0 Å². The SMILES string of the molecule is O=C(/C(=C(/O)c1cc(F)cc(F)c1)c1nc2ccccc2[nH]1)c1ccc(C(O)CO)cc1. The number of halogens is 2. The molecule has 0 aliphatic rings. The fraction of sp³-hybridized carbons (Fsp3) is 0.0833. The molecule has 32 heavy (non-hydrogen) atoms. The van der Waals surface area contributed by atoms with Crippen molar-refractivity contribution in [2.24, 2.45) is 0 Å². The molecular weight excluding hydrogens is 418 g/mol. The van der Waals surface area contributed by atoms with Crippen molar-refractivity contribution in [2.45, 2.75) is 6.10 Å². The van der Waals surface area contributed by atoms with Gasteiger partial charge >= 0.3 is 0 Å². The normalized spacial score (nSPS) is 13.1. The van der Waals surface area contributed by atoms with Crippen molar-refractivity contribution in [3.63, 3.8) is 0 Å². The first-order valence-corrected chi connectivity index (χ1v) is 9.66. The Hall–Kier alpha value is -3.88. The number of nitrogens with one attached hydrogen (secondary N) is 1. The number of carbonyl (C=O) groups is 1. The second kappa shape index (κ2) is 8.70. The summed E-state index contributed by atoms with van der Waals surface area (Å²) in [6.07, 6.45) is -1.10. The maximum absolute atomic E-state index is 13.8. The summed E-state index contributed by atoms with van der Waals surface area (Å²) in [5.74, 6) is -3.10. The molecular formula is C24H18F2N2O4. The number of H-pyrrole nitrogens is 1. The van der Waals surface area contributed by atoms with E-state index in [9.17, 15) is 23.8 Å². The van der Waals surface area contributed by atoms with Crippen LogP contribution in [0.1, 0.15) is 33.4 Å². The number of fused-ring (bicyclic) bond motifs is 1. The van der Waals surface area contributed by atoms with Crippen LogP contribution < -0.4 is 0 Å². The zero-order chi connectivity index (χ0) is 22.8. The van der Waals surface area contributed by atoms with Gasteiger partial charge in [-0.05, 0) is 29.8 Å². The Bertz CT molecular complexity index is 1280. The molecule has 1 atom stereocenters. The van der Waals surface area contributed by atoms with Crippen LogP contribution in [0.5, 0.6) is 0 Å². The Labute approximate surface area is 181 Å². The molecule has 3 aromatic carbocycles. The lowest BCUT2D eigenvalue weighted by Crippen LogP contribution is -2.09. The molecule has 0 bridgehead atoms. The molecule has 1 unspecified atom stereocenters. The van der Waals surface area contributed by atoms with Crippen molar-refractivity contribution in [1.82, 2.24) is 9.97 Å². The lowest BCUT2D eigenvalue weighted by atomic mass is 9.97. The summed E-state index contributed by atoms with van der Waals surface area (Å²) in [6.45, 7) is -0.483. The first-order chi connectivity index (χ1) is 15.4. The summed E-state index contributed by atoms with van der Waals surface area (Å²) in [5, 5.41) is 29.7. The highest BCUT2D eigenvalue weighted by Crippen LogP contribution is 2.29. The highest BCUT2D eigenvalue weighted by atomic mass is 19.1. The predicted octanol–water partition coefficient (Wildman–Crippen LogP) is 4.18. The van der Waals surface area contributed by atoms with E-state index in [-0.39, 0.29) is 22.5 Å². The second-order valence-electron chi connectivity index (χ2n) is 7.13. The van der Waals surface area contributed by atoms with Crippen molar-refractivity contribution in [3.8, 4) is 0 Å². The first kappa shape index (κ1) is 21.4. The third kappa shape index (κ3) is 4.14. The molecule has 8 heteroatoms. The molecule has 1 aromatic heterocycles. The minimum absolute atomic E-state index is 0.0258. The smallest absolute Gasteiger partial charge is 0.200 e. The van der Waals surface area contributed by atoms with Crippen molar-refractivity contribution in [2.75, 3.05) is 6.61 Å². The molecule has 1 heterocycles. The Morgan fingerprint density at radius 3 is 2.25 bits per heavy atom. The molecule has 0 fully saturated rings. The molecule has 162 valence electrons. The van der Waals surface area contributed by atoms with Crippen LogP contribution in [-0.4, -0.2) is 37.7 Å². The predicted molar refractivity (Wildman–Crippen MR) is 115 cm³/mol. The van der Waals surface area contributed by atoms with Gasteiger partial charge in [0.25, 0.3) is 0 Å². The zero-order valence-corrected chi connectivity index (χ0v) is 16.6. The molecule has 0 saturated carbocycles. The van der Waals surface area contributed by atoms with Gasteiger partial charge in [0.1, 0.15) is 34.9 Å². The van der Waals surface area contributed by atoms with E-state index < -0.39 is 35.9 Å². The zero-order valence-electron chi connectivity index (χ0n) is 16.6. The van der Waals surface area contributed by atoms with Crippen molar-refractivity contribution >= 4 is 28.1 Å². The number of nitrogens with zero attached hydrogens (tertiary/aromatic N) is 1. The van der Waals surface area contributed by atoms with E-state index in [0.29, 0.717) is 22.7 Å². The number of hydrogen-bond acceptors (Lipinski definition) is 5. The number of imidazole rings is 1. The number of Topliss-reactive ketones (excluding diaryl/α,β-unsaturated/α-hetero) is 1. The largest absolute Gasteiger partial charge is 0.506 e. The Kier molecular flexibility index (Phi) is 5.81. The van der Waals surface area contributed by atoms with Crippen LogP contribution in [0, 0.1) is 11.6 Å². The fourth-order valence-electron chi connectivity index (χ4n) is 3.34. The van der Waals surface area contributed by atoms with Gasteiger partial charge in [0.05, 0.1) is 17.6 Å². The Balaban J connectivity index is 1.88. The van der Waals surface area contributed by atoms with Gasteiger partial charge in [0, 0.05) is 17.2 Å². The minimum atomic E-state index is -1.10. The van der Waals surface area contributed by atoms with Gasteiger partial charge in [0.15, 0.2) is 0 Å². The van der Waals surface area contributed by atoms with E-state index in [1.54, 1.807) is 24.3 Å². The topological polar surface area (TPSA) is 106 Å². The second-order valence-corrected chi connectivity index (χ2v) is 7.13. The number of aromatic nitrogens is 2. The number of hydrogen-bond donors (Lipinski definition) is 4. The average Bonchev–Trinajstić information content (AvgIpc) is 3.21. The monoisotopic (exact) mass is 436 g/mol. The van der Waals surface area contributed by atoms with Crippen molar-refractivity contribution < 1.29 is 28.9 Å². The van der Waals surface area contributed by atoms with Gasteiger partial charge in [0.2, 0.25) is 5.78 Å². The van der Waals surface area contributed by atoms with Crippen LogP contribution >= 0.6 is 0 Å². The summed E-state index contributed by atoms with van der Waals surface area (Å²) in [4.78, 5) is 20.7. The third-order valence-electron chi connectivity index (χ3n) is 4.96. The molecule has 4 rings (SSSR count). The standard InChI is InChI=1S/C24H18F2N2O4/c25-16-9-15(10-17(26)11-16)23(32)21(24-27-18-3-1-2-4-19(18)28-24)22(31)14-7-5-13(6-8-14)20(30)12-29/h1-11,20,29-30,32H,12H2,(H,27,28)/b23-21-. The van der Waals surface area contributed by atoms with E-state index in [0.717, 1.165) is 12.1 Å². The van der Waals surface area contributed by atoms with Crippen LogP contribution in [0.25, 0.3) is 22.4 Å². The summed E-state index contributed by atoms with van der Waals surface area (Å²) in [6, 6.07) is 15.2. The molecule has 0 spiro atoms. The van der Waals surface area contributed by atoms with Gasteiger partial charge in [-0.3, -0.25) is 4.79 Å². The molecule has 0 amide bonds. The van der Waals surface area contributed by atoms with Crippen molar-refractivity contribution in [1.29, 1.82) is 0 Å². The fourth-order valence-corrected chi connectivity index (χ4v) is 3.34. The average molecular weight is 436 g/mol. The minimum Gasteiger partial charge on any atom is -0.506 e. The lowest BCUT2D eigenvalue weighted by molar-refractivity contribution is 0.0955. The van der Waals surface area contributed by atoms with Gasteiger partial charge in [-0.25, -0.2) is 13.8 Å². The summed E-state index contributed by atoms with van der Waals surface area (Å²) >= 11 is 0.